The van der Waals surface area contributed by atoms with E-state index < -0.39 is 0 Å². The molecule has 1 amide bonds. The fourth-order valence-corrected chi connectivity index (χ4v) is 2.81. The van der Waals surface area contributed by atoms with Crippen LogP contribution < -0.4 is 0 Å². The van der Waals surface area contributed by atoms with Gasteiger partial charge in [0.25, 0.3) is 5.91 Å². The van der Waals surface area contributed by atoms with Crippen LogP contribution in [0.2, 0.25) is 0 Å². The topological polar surface area (TPSA) is 51.0 Å². The van der Waals surface area contributed by atoms with E-state index in [-0.39, 0.29) is 11.9 Å². The zero-order valence-electron chi connectivity index (χ0n) is 15.7. The maximum absolute atomic E-state index is 12.8. The summed E-state index contributed by atoms with van der Waals surface area (Å²) in [6, 6.07) is 12.4. The first-order valence-corrected chi connectivity index (χ1v) is 8.75. The Morgan fingerprint density at radius 1 is 1.15 bits per heavy atom. The van der Waals surface area contributed by atoms with Crippen molar-refractivity contribution in [2.45, 2.75) is 33.4 Å². The van der Waals surface area contributed by atoms with Crippen LogP contribution in [-0.2, 0) is 13.6 Å². The molecule has 0 aliphatic heterocycles. The summed E-state index contributed by atoms with van der Waals surface area (Å²) in [4.78, 5) is 23.3. The van der Waals surface area contributed by atoms with Crippen molar-refractivity contribution in [2.75, 3.05) is 0 Å². The number of aryl methyl sites for hydroxylation is 2. The summed E-state index contributed by atoms with van der Waals surface area (Å²) in [5.74, 6) is -0.0608. The Balaban J connectivity index is 1.84. The lowest BCUT2D eigenvalue weighted by atomic mass is 10.1. The summed E-state index contributed by atoms with van der Waals surface area (Å²) >= 11 is 0. The van der Waals surface area contributed by atoms with Crippen LogP contribution >= 0.6 is 0 Å². The predicted molar refractivity (Wildman–Crippen MR) is 103 cm³/mol. The number of nitrogens with zero attached hydrogens (tertiary/aromatic N) is 4. The van der Waals surface area contributed by atoms with E-state index in [1.165, 1.54) is 5.56 Å². The highest BCUT2D eigenvalue weighted by Gasteiger charge is 2.21. The van der Waals surface area contributed by atoms with Crippen molar-refractivity contribution in [3.8, 4) is 11.3 Å². The van der Waals surface area contributed by atoms with Crippen molar-refractivity contribution in [3.05, 3.63) is 71.9 Å². The van der Waals surface area contributed by atoms with Crippen LogP contribution in [0.25, 0.3) is 11.3 Å². The number of hydrogen-bond acceptors (Lipinski definition) is 3. The Labute approximate surface area is 154 Å². The maximum Gasteiger partial charge on any atom is 0.274 e. The van der Waals surface area contributed by atoms with Crippen molar-refractivity contribution in [2.24, 2.45) is 7.05 Å². The largest absolute Gasteiger partial charge is 0.340 e. The van der Waals surface area contributed by atoms with Crippen LogP contribution in [0.15, 0.2) is 55.1 Å². The first-order chi connectivity index (χ1) is 12.4. The van der Waals surface area contributed by atoms with E-state index in [0.29, 0.717) is 12.2 Å². The molecule has 0 saturated heterocycles. The van der Waals surface area contributed by atoms with Gasteiger partial charge in [0.15, 0.2) is 0 Å². The summed E-state index contributed by atoms with van der Waals surface area (Å²) < 4.78 is 1.79. The molecule has 2 aromatic heterocycles. The maximum atomic E-state index is 12.8. The zero-order chi connectivity index (χ0) is 18.7. The lowest BCUT2D eigenvalue weighted by Gasteiger charge is -2.26. The third-order valence-corrected chi connectivity index (χ3v) is 4.33. The Morgan fingerprint density at radius 3 is 2.50 bits per heavy atom. The number of amides is 1. The van der Waals surface area contributed by atoms with Gasteiger partial charge >= 0.3 is 0 Å². The Kier molecular flexibility index (Phi) is 5.16. The number of rotatable bonds is 5. The molecular formula is C21H24N4O. The van der Waals surface area contributed by atoms with Gasteiger partial charge in [-0.25, -0.2) is 4.98 Å². The van der Waals surface area contributed by atoms with Gasteiger partial charge in [-0.15, -0.1) is 0 Å². The summed E-state index contributed by atoms with van der Waals surface area (Å²) in [6.45, 7) is 6.62. The molecule has 3 aromatic rings. The zero-order valence-corrected chi connectivity index (χ0v) is 15.7. The van der Waals surface area contributed by atoms with Crippen LogP contribution in [0.5, 0.6) is 0 Å². The average Bonchev–Trinajstić information content (AvgIpc) is 3.06. The smallest absolute Gasteiger partial charge is 0.274 e. The number of aromatic nitrogens is 3. The van der Waals surface area contributed by atoms with Gasteiger partial charge in [0.1, 0.15) is 5.69 Å². The standard InChI is InChI=1S/C21H24N4O/c1-15(2)25(21(26)20-13-24(4)14-23-20)12-17-9-10-22-19(11-17)18-7-5-16(3)6-8-18/h5-11,13-15H,12H2,1-4H3. The second-order valence-corrected chi connectivity index (χ2v) is 6.87. The summed E-state index contributed by atoms with van der Waals surface area (Å²) in [5, 5.41) is 0. The van der Waals surface area contributed by atoms with Gasteiger partial charge in [0, 0.05) is 37.6 Å². The summed E-state index contributed by atoms with van der Waals surface area (Å²) in [6.07, 6.45) is 5.20. The van der Waals surface area contributed by atoms with Gasteiger partial charge in [-0.1, -0.05) is 29.8 Å². The molecule has 0 atom stereocenters. The molecule has 5 heteroatoms. The molecule has 1 aromatic carbocycles. The van der Waals surface area contributed by atoms with E-state index in [1.54, 1.807) is 23.3 Å². The van der Waals surface area contributed by atoms with Crippen molar-refractivity contribution >= 4 is 5.91 Å². The average molecular weight is 348 g/mol. The van der Waals surface area contributed by atoms with Crippen LogP contribution in [0.4, 0.5) is 0 Å². The third-order valence-electron chi connectivity index (χ3n) is 4.33. The number of pyridine rings is 1. The molecule has 0 radical (unpaired) electrons. The van der Waals surface area contributed by atoms with Gasteiger partial charge in [0.2, 0.25) is 0 Å². The molecule has 26 heavy (non-hydrogen) atoms. The van der Waals surface area contributed by atoms with Crippen molar-refractivity contribution < 1.29 is 4.79 Å². The van der Waals surface area contributed by atoms with Crippen LogP contribution in [0, 0.1) is 6.92 Å². The van der Waals surface area contributed by atoms with Crippen LogP contribution in [-0.4, -0.2) is 31.4 Å². The molecule has 0 saturated carbocycles. The highest BCUT2D eigenvalue weighted by molar-refractivity contribution is 5.92. The monoisotopic (exact) mass is 348 g/mol. The highest BCUT2D eigenvalue weighted by Crippen LogP contribution is 2.20. The van der Waals surface area contributed by atoms with E-state index in [1.807, 2.05) is 37.9 Å². The highest BCUT2D eigenvalue weighted by atomic mass is 16.2. The van der Waals surface area contributed by atoms with E-state index in [4.69, 9.17) is 0 Å². The lowest BCUT2D eigenvalue weighted by molar-refractivity contribution is 0.0684. The van der Waals surface area contributed by atoms with Crippen molar-refractivity contribution in [1.29, 1.82) is 0 Å². The number of benzene rings is 1. The molecule has 0 fully saturated rings. The molecule has 134 valence electrons. The minimum atomic E-state index is -0.0608. The molecule has 2 heterocycles. The minimum Gasteiger partial charge on any atom is -0.340 e. The minimum absolute atomic E-state index is 0.0608. The van der Waals surface area contributed by atoms with Gasteiger partial charge in [-0.3, -0.25) is 9.78 Å². The van der Waals surface area contributed by atoms with Gasteiger partial charge < -0.3 is 9.47 Å². The molecule has 3 rings (SSSR count). The molecule has 0 bridgehead atoms. The summed E-state index contributed by atoms with van der Waals surface area (Å²) in [5.41, 5.74) is 4.72. The van der Waals surface area contributed by atoms with E-state index in [9.17, 15) is 4.79 Å². The van der Waals surface area contributed by atoms with Crippen LogP contribution in [0.3, 0.4) is 0 Å². The van der Waals surface area contributed by atoms with Gasteiger partial charge in [-0.05, 0) is 38.5 Å². The van der Waals surface area contributed by atoms with Gasteiger partial charge in [-0.2, -0.15) is 0 Å². The number of imidazole rings is 1. The second kappa shape index (κ2) is 7.52. The predicted octanol–water partition coefficient (Wildman–Crippen LogP) is 3.84. The molecule has 5 nitrogen and oxygen atoms in total. The Bertz CT molecular complexity index is 896. The molecule has 0 N–H and O–H groups in total. The first-order valence-electron chi connectivity index (χ1n) is 8.75. The van der Waals surface area contributed by atoms with E-state index in [2.05, 4.69) is 41.2 Å². The van der Waals surface area contributed by atoms with Crippen LogP contribution in [0.1, 0.15) is 35.5 Å². The second-order valence-electron chi connectivity index (χ2n) is 6.87. The number of carbonyl (C=O) groups is 1. The third kappa shape index (κ3) is 3.99. The normalized spacial score (nSPS) is 11.0. The van der Waals surface area contributed by atoms with Crippen molar-refractivity contribution in [3.63, 3.8) is 0 Å². The molecular weight excluding hydrogens is 324 g/mol. The SMILES string of the molecule is Cc1ccc(-c2cc(CN(C(=O)c3cn(C)cn3)C(C)C)ccn2)cc1. The molecule has 0 spiro atoms. The number of carbonyl (C=O) groups excluding carboxylic acids is 1. The molecule has 0 aliphatic rings. The lowest BCUT2D eigenvalue weighted by Crippen LogP contribution is -2.36. The van der Waals surface area contributed by atoms with E-state index >= 15 is 0 Å². The quantitative estimate of drug-likeness (QED) is 0.704. The van der Waals surface area contributed by atoms with E-state index in [0.717, 1.165) is 16.8 Å². The fourth-order valence-electron chi connectivity index (χ4n) is 2.81. The molecule has 0 unspecified atom stereocenters. The molecule has 0 aliphatic carbocycles. The summed E-state index contributed by atoms with van der Waals surface area (Å²) in [7, 11) is 1.86. The van der Waals surface area contributed by atoms with Crippen molar-refractivity contribution in [1.82, 2.24) is 19.4 Å². The Hall–Kier alpha value is -2.95. The number of hydrogen-bond donors (Lipinski definition) is 0. The Morgan fingerprint density at radius 2 is 1.88 bits per heavy atom. The first kappa shape index (κ1) is 17.9. The fraction of sp³-hybridized carbons (Fsp3) is 0.286. The van der Waals surface area contributed by atoms with Gasteiger partial charge in [0.05, 0.1) is 12.0 Å².